The molecule has 0 aliphatic rings. The Morgan fingerprint density at radius 2 is 1.70 bits per heavy atom. The first-order valence-electron chi connectivity index (χ1n) is 7.93. The maximum absolute atomic E-state index is 12.4. The van der Waals surface area contributed by atoms with E-state index in [1.165, 1.54) is 35.0 Å². The van der Waals surface area contributed by atoms with Crippen molar-refractivity contribution in [2.75, 3.05) is 5.32 Å². The van der Waals surface area contributed by atoms with E-state index in [0.29, 0.717) is 21.8 Å². The number of hydrogen-bond acceptors (Lipinski definition) is 4. The van der Waals surface area contributed by atoms with Crippen LogP contribution in [0.2, 0.25) is 5.02 Å². The number of nitrogens with zero attached hydrogens (tertiary/aromatic N) is 2. The van der Waals surface area contributed by atoms with Crippen molar-refractivity contribution in [2.45, 2.75) is 6.54 Å². The summed E-state index contributed by atoms with van der Waals surface area (Å²) < 4.78 is 1.37. The van der Waals surface area contributed by atoms with Gasteiger partial charge < -0.3 is 9.88 Å². The van der Waals surface area contributed by atoms with Gasteiger partial charge in [-0.1, -0.05) is 23.7 Å². The second-order valence-corrected chi connectivity index (χ2v) is 6.20. The van der Waals surface area contributed by atoms with E-state index in [4.69, 9.17) is 11.6 Å². The summed E-state index contributed by atoms with van der Waals surface area (Å²) in [5.41, 5.74) is 1.29. The number of pyridine rings is 1. The number of anilines is 1. The predicted octanol–water partition coefficient (Wildman–Crippen LogP) is 3.71. The molecule has 0 unspecified atom stereocenters. The van der Waals surface area contributed by atoms with Crippen LogP contribution in [0.1, 0.15) is 15.9 Å². The summed E-state index contributed by atoms with van der Waals surface area (Å²) in [5, 5.41) is 14.0. The lowest BCUT2D eigenvalue weighted by molar-refractivity contribution is -0.384. The zero-order valence-corrected chi connectivity index (χ0v) is 14.7. The molecule has 136 valence electrons. The minimum absolute atomic E-state index is 0.0258. The number of nitrogens with one attached hydrogen (secondary N) is 1. The smallest absolute Gasteiger partial charge is 0.269 e. The lowest BCUT2D eigenvalue weighted by Gasteiger charge is -2.09. The number of hydrogen-bond donors (Lipinski definition) is 1. The van der Waals surface area contributed by atoms with Crippen molar-refractivity contribution in [2.24, 2.45) is 0 Å². The fourth-order valence-electron chi connectivity index (χ4n) is 2.45. The van der Waals surface area contributed by atoms with E-state index in [1.54, 1.807) is 36.4 Å². The number of non-ortho nitro benzene ring substituents is 1. The van der Waals surface area contributed by atoms with Gasteiger partial charge in [-0.2, -0.15) is 0 Å². The summed E-state index contributed by atoms with van der Waals surface area (Å²) in [4.78, 5) is 34.7. The first-order valence-corrected chi connectivity index (χ1v) is 8.31. The highest BCUT2D eigenvalue weighted by molar-refractivity contribution is 6.30. The van der Waals surface area contributed by atoms with Crippen LogP contribution in [0.4, 0.5) is 11.4 Å². The van der Waals surface area contributed by atoms with Crippen LogP contribution in [0.15, 0.2) is 71.7 Å². The molecule has 7 nitrogen and oxygen atoms in total. The van der Waals surface area contributed by atoms with Crippen molar-refractivity contribution in [3.05, 3.63) is 103 Å². The summed E-state index contributed by atoms with van der Waals surface area (Å²) in [6.07, 6.45) is 1.45. The number of benzene rings is 2. The highest BCUT2D eigenvalue weighted by Crippen LogP contribution is 2.15. The highest BCUT2D eigenvalue weighted by atomic mass is 35.5. The Hall–Kier alpha value is -3.45. The lowest BCUT2D eigenvalue weighted by atomic mass is 10.2. The van der Waals surface area contributed by atoms with E-state index in [1.807, 2.05) is 0 Å². The second kappa shape index (κ2) is 7.84. The number of carbonyl (C=O) groups is 1. The monoisotopic (exact) mass is 383 g/mol. The van der Waals surface area contributed by atoms with Gasteiger partial charge in [-0.25, -0.2) is 0 Å². The van der Waals surface area contributed by atoms with Crippen molar-refractivity contribution >= 4 is 28.9 Å². The minimum Gasteiger partial charge on any atom is -0.322 e. The van der Waals surface area contributed by atoms with Crippen LogP contribution < -0.4 is 10.9 Å². The molecule has 3 rings (SSSR count). The average molecular weight is 384 g/mol. The van der Waals surface area contributed by atoms with E-state index < -0.39 is 4.92 Å². The molecule has 27 heavy (non-hydrogen) atoms. The van der Waals surface area contributed by atoms with Gasteiger partial charge in [0, 0.05) is 35.1 Å². The first-order chi connectivity index (χ1) is 12.9. The number of halogens is 1. The quantitative estimate of drug-likeness (QED) is 0.536. The van der Waals surface area contributed by atoms with Gasteiger partial charge in [-0.05, 0) is 35.9 Å². The van der Waals surface area contributed by atoms with E-state index in [9.17, 15) is 19.7 Å². The molecule has 0 atom stereocenters. The Morgan fingerprint density at radius 3 is 2.33 bits per heavy atom. The fourth-order valence-corrected chi connectivity index (χ4v) is 2.57. The molecular weight excluding hydrogens is 370 g/mol. The third-order valence-electron chi connectivity index (χ3n) is 3.85. The molecular formula is C19H14ClN3O4. The molecule has 1 heterocycles. The van der Waals surface area contributed by atoms with Crippen molar-refractivity contribution in [3.63, 3.8) is 0 Å². The van der Waals surface area contributed by atoms with Crippen LogP contribution >= 0.6 is 11.6 Å². The van der Waals surface area contributed by atoms with E-state index in [-0.39, 0.29) is 23.7 Å². The molecule has 0 fully saturated rings. The number of nitro benzene ring substituents is 1. The Morgan fingerprint density at radius 1 is 1.04 bits per heavy atom. The lowest BCUT2D eigenvalue weighted by Crippen LogP contribution is -2.22. The standard InChI is InChI=1S/C19H14ClN3O4/c20-15-4-6-16(7-5-15)21-19(25)14-3-10-18(24)22(12-14)11-13-1-8-17(9-2-13)23(26)27/h1-10,12H,11H2,(H,21,25). The number of carbonyl (C=O) groups excluding carboxylic acids is 1. The number of amides is 1. The average Bonchev–Trinajstić information content (AvgIpc) is 2.65. The van der Waals surface area contributed by atoms with Crippen LogP contribution in [-0.4, -0.2) is 15.4 Å². The molecule has 0 radical (unpaired) electrons. The van der Waals surface area contributed by atoms with Crippen LogP contribution in [0.3, 0.4) is 0 Å². The maximum atomic E-state index is 12.4. The molecule has 1 N–H and O–H groups in total. The maximum Gasteiger partial charge on any atom is 0.269 e. The van der Waals surface area contributed by atoms with Crippen LogP contribution in [-0.2, 0) is 6.54 Å². The topological polar surface area (TPSA) is 94.2 Å². The normalized spacial score (nSPS) is 10.4. The van der Waals surface area contributed by atoms with Gasteiger partial charge in [0.05, 0.1) is 17.0 Å². The van der Waals surface area contributed by atoms with Crippen LogP contribution in [0, 0.1) is 10.1 Å². The number of aromatic nitrogens is 1. The first kappa shape index (κ1) is 18.3. The van der Waals surface area contributed by atoms with Gasteiger partial charge in [0.15, 0.2) is 0 Å². The third-order valence-corrected chi connectivity index (χ3v) is 4.10. The predicted molar refractivity (Wildman–Crippen MR) is 102 cm³/mol. The van der Waals surface area contributed by atoms with E-state index in [0.717, 1.165) is 0 Å². The molecule has 0 spiro atoms. The summed E-state index contributed by atoms with van der Waals surface area (Å²) >= 11 is 5.82. The Bertz CT molecular complexity index is 1040. The zero-order valence-electron chi connectivity index (χ0n) is 14.0. The van der Waals surface area contributed by atoms with Gasteiger partial charge in [0.25, 0.3) is 17.2 Å². The Balaban J connectivity index is 1.79. The summed E-state index contributed by atoms with van der Waals surface area (Å²) in [7, 11) is 0. The molecule has 0 saturated heterocycles. The largest absolute Gasteiger partial charge is 0.322 e. The third kappa shape index (κ3) is 4.59. The highest BCUT2D eigenvalue weighted by Gasteiger charge is 2.10. The molecule has 0 bridgehead atoms. The van der Waals surface area contributed by atoms with Crippen molar-refractivity contribution < 1.29 is 9.72 Å². The van der Waals surface area contributed by atoms with E-state index in [2.05, 4.69) is 5.32 Å². The van der Waals surface area contributed by atoms with Crippen molar-refractivity contribution in [1.29, 1.82) is 0 Å². The van der Waals surface area contributed by atoms with Gasteiger partial charge in [0.1, 0.15) is 0 Å². The molecule has 3 aromatic rings. The van der Waals surface area contributed by atoms with Gasteiger partial charge >= 0.3 is 0 Å². The molecule has 0 aliphatic carbocycles. The molecule has 2 aromatic carbocycles. The molecule has 1 amide bonds. The SMILES string of the molecule is O=C(Nc1ccc(Cl)cc1)c1ccc(=O)n(Cc2ccc([N+](=O)[O-])cc2)c1. The van der Waals surface area contributed by atoms with E-state index >= 15 is 0 Å². The second-order valence-electron chi connectivity index (χ2n) is 5.77. The zero-order chi connectivity index (χ0) is 19.4. The molecule has 0 aliphatic heterocycles. The van der Waals surface area contributed by atoms with Gasteiger partial charge in [-0.3, -0.25) is 19.7 Å². The van der Waals surface area contributed by atoms with Crippen LogP contribution in [0.25, 0.3) is 0 Å². The van der Waals surface area contributed by atoms with Gasteiger partial charge in [0.2, 0.25) is 0 Å². The van der Waals surface area contributed by atoms with Crippen molar-refractivity contribution in [3.8, 4) is 0 Å². The number of rotatable bonds is 5. The minimum atomic E-state index is -0.488. The van der Waals surface area contributed by atoms with Crippen molar-refractivity contribution in [1.82, 2.24) is 4.57 Å². The Labute approximate surface area is 159 Å². The summed E-state index contributed by atoms with van der Waals surface area (Å²) in [6, 6.07) is 15.3. The molecule has 0 saturated carbocycles. The van der Waals surface area contributed by atoms with Crippen LogP contribution in [0.5, 0.6) is 0 Å². The fraction of sp³-hybridized carbons (Fsp3) is 0.0526. The number of nitro groups is 1. The van der Waals surface area contributed by atoms with Gasteiger partial charge in [-0.15, -0.1) is 0 Å². The Kier molecular flexibility index (Phi) is 5.33. The molecule has 1 aromatic heterocycles. The molecule has 8 heteroatoms. The summed E-state index contributed by atoms with van der Waals surface area (Å²) in [5.74, 6) is -0.366. The summed E-state index contributed by atoms with van der Waals surface area (Å²) in [6.45, 7) is 0.193.